The largest absolute Gasteiger partial charge is 0.449 e. The van der Waals surface area contributed by atoms with Crippen molar-refractivity contribution >= 4 is 39.2 Å². The number of rotatable bonds is 10. The molecule has 1 aliphatic heterocycles. The zero-order valence-electron chi connectivity index (χ0n) is 19.3. The van der Waals surface area contributed by atoms with Gasteiger partial charge in [-0.25, -0.2) is 13.2 Å². The van der Waals surface area contributed by atoms with Gasteiger partial charge in [0.2, 0.25) is 5.91 Å². The van der Waals surface area contributed by atoms with E-state index in [1.54, 1.807) is 48.5 Å². The van der Waals surface area contributed by atoms with Crippen LogP contribution in [0.2, 0.25) is 0 Å². The highest BCUT2D eigenvalue weighted by molar-refractivity contribution is 7.90. The van der Waals surface area contributed by atoms with Gasteiger partial charge in [-0.3, -0.25) is 19.8 Å². The van der Waals surface area contributed by atoms with E-state index in [1.807, 2.05) is 13.8 Å². The Morgan fingerprint density at radius 2 is 1.74 bits per heavy atom. The average Bonchev–Trinajstić information content (AvgIpc) is 3.05. The van der Waals surface area contributed by atoms with Gasteiger partial charge in [0.25, 0.3) is 10.0 Å². The van der Waals surface area contributed by atoms with Crippen LogP contribution in [0.3, 0.4) is 0 Å². The zero-order chi connectivity index (χ0) is 24.6. The summed E-state index contributed by atoms with van der Waals surface area (Å²) in [4.78, 5) is 28.7. The number of anilines is 2. The highest BCUT2D eigenvalue weighted by Gasteiger charge is 2.29. The quantitative estimate of drug-likeness (QED) is 0.435. The lowest BCUT2D eigenvalue weighted by molar-refractivity contribution is -0.116. The molecule has 1 heterocycles. The normalized spacial score (nSPS) is 15.0. The Kier molecular flexibility index (Phi) is 8.64. The van der Waals surface area contributed by atoms with Gasteiger partial charge in [-0.05, 0) is 49.1 Å². The van der Waals surface area contributed by atoms with Gasteiger partial charge in [0.15, 0.2) is 0 Å². The highest BCUT2D eigenvalue weighted by atomic mass is 32.2. The molecule has 0 radical (unpaired) electrons. The van der Waals surface area contributed by atoms with E-state index in [2.05, 4.69) is 20.3 Å². The lowest BCUT2D eigenvalue weighted by Gasteiger charge is -2.10. The Balaban J connectivity index is 1.38. The second-order valence-electron chi connectivity index (χ2n) is 8.39. The summed E-state index contributed by atoms with van der Waals surface area (Å²) in [6, 6.07) is 13.6. The second-order valence-corrected chi connectivity index (χ2v) is 10.0. The summed E-state index contributed by atoms with van der Waals surface area (Å²) in [6.45, 7) is 4.71. The lowest BCUT2D eigenvalue weighted by Crippen LogP contribution is -2.22. The molecule has 2 aromatic carbocycles. The van der Waals surface area contributed by atoms with E-state index < -0.39 is 16.1 Å². The zero-order valence-corrected chi connectivity index (χ0v) is 20.2. The van der Waals surface area contributed by atoms with Gasteiger partial charge in [-0.15, -0.1) is 0 Å². The van der Waals surface area contributed by atoms with Gasteiger partial charge in [0.05, 0.1) is 11.5 Å². The molecule has 0 fully saturated rings. The van der Waals surface area contributed by atoms with E-state index in [0.29, 0.717) is 48.8 Å². The molecule has 0 saturated carbocycles. The standard InChI is InChI=1S/C24H30N4O5S/c1-17(2)16-33-24(30)27-19-10-8-9-18(15-19)26-22(29)13-4-3-7-14-25-23-20-11-5-6-12-21(20)34(31,32)28-23/h5-6,8-12,15,17H,3-4,7,13-14,16H2,1-2H3,(H,25,28)(H,26,29)(H,27,30). The molecule has 3 rings (SSSR count). The van der Waals surface area contributed by atoms with Crippen LogP contribution in [-0.4, -0.2) is 39.4 Å². The minimum Gasteiger partial charge on any atom is -0.449 e. The number of sulfonamides is 1. The third-order valence-electron chi connectivity index (χ3n) is 4.94. The molecule has 2 aromatic rings. The number of ether oxygens (including phenoxy) is 1. The van der Waals surface area contributed by atoms with Crippen LogP contribution in [0.25, 0.3) is 0 Å². The number of nitrogens with one attached hydrogen (secondary N) is 3. The Labute approximate surface area is 200 Å². The molecule has 0 aromatic heterocycles. The maximum atomic E-state index is 12.2. The molecule has 0 spiro atoms. The van der Waals surface area contributed by atoms with Crippen molar-refractivity contribution < 1.29 is 22.7 Å². The van der Waals surface area contributed by atoms with E-state index >= 15 is 0 Å². The Morgan fingerprint density at radius 3 is 2.50 bits per heavy atom. The summed E-state index contributed by atoms with van der Waals surface area (Å²) in [7, 11) is -3.52. The van der Waals surface area contributed by atoms with E-state index in [0.717, 1.165) is 12.8 Å². The number of amidine groups is 1. The third kappa shape index (κ3) is 7.31. The maximum Gasteiger partial charge on any atom is 0.411 e. The number of carbonyl (C=O) groups excluding carboxylic acids is 2. The van der Waals surface area contributed by atoms with Crippen molar-refractivity contribution in [1.82, 2.24) is 4.72 Å². The van der Waals surface area contributed by atoms with Gasteiger partial charge < -0.3 is 10.1 Å². The van der Waals surface area contributed by atoms with Gasteiger partial charge in [0.1, 0.15) is 5.84 Å². The monoisotopic (exact) mass is 486 g/mol. The van der Waals surface area contributed by atoms with Crippen molar-refractivity contribution in [3.8, 4) is 0 Å². The number of amides is 2. The molecule has 182 valence electrons. The SMILES string of the molecule is CC(C)COC(=O)Nc1cccc(NC(=O)CCCCCN=C2NS(=O)(=O)c3ccccc32)c1. The molecular weight excluding hydrogens is 456 g/mol. The number of aliphatic imine (C=N–C) groups is 1. The molecular formula is C24H30N4O5S. The predicted octanol–water partition coefficient (Wildman–Crippen LogP) is 4.13. The lowest BCUT2D eigenvalue weighted by atomic mass is 10.1. The average molecular weight is 487 g/mol. The summed E-state index contributed by atoms with van der Waals surface area (Å²) in [5.41, 5.74) is 1.71. The molecule has 10 heteroatoms. The van der Waals surface area contributed by atoms with Crippen molar-refractivity contribution in [2.24, 2.45) is 10.9 Å². The first-order valence-electron chi connectivity index (χ1n) is 11.2. The van der Waals surface area contributed by atoms with E-state index in [-0.39, 0.29) is 16.7 Å². The number of hydrogen-bond acceptors (Lipinski definition) is 6. The smallest absolute Gasteiger partial charge is 0.411 e. The predicted molar refractivity (Wildman–Crippen MR) is 132 cm³/mol. The number of carbonyl (C=O) groups is 2. The highest BCUT2D eigenvalue weighted by Crippen LogP contribution is 2.22. The summed E-state index contributed by atoms with van der Waals surface area (Å²) in [6.07, 6.45) is 2.01. The van der Waals surface area contributed by atoms with E-state index in [9.17, 15) is 18.0 Å². The molecule has 9 nitrogen and oxygen atoms in total. The van der Waals surface area contributed by atoms with Crippen LogP contribution in [0.5, 0.6) is 0 Å². The Morgan fingerprint density at radius 1 is 1.00 bits per heavy atom. The molecule has 2 amide bonds. The number of hydrogen-bond donors (Lipinski definition) is 3. The molecule has 1 aliphatic rings. The number of fused-ring (bicyclic) bond motifs is 1. The minimum atomic E-state index is -3.52. The van der Waals surface area contributed by atoms with Crippen LogP contribution in [-0.2, 0) is 19.6 Å². The topological polar surface area (TPSA) is 126 Å². The first kappa shape index (κ1) is 25.2. The van der Waals surface area contributed by atoms with Crippen molar-refractivity contribution in [3.63, 3.8) is 0 Å². The molecule has 3 N–H and O–H groups in total. The maximum absolute atomic E-state index is 12.2. The van der Waals surface area contributed by atoms with Crippen LogP contribution < -0.4 is 15.4 Å². The van der Waals surface area contributed by atoms with Gasteiger partial charge in [0, 0.05) is 29.9 Å². The van der Waals surface area contributed by atoms with Crippen LogP contribution in [0, 0.1) is 5.92 Å². The Bertz CT molecular complexity index is 1160. The fraction of sp³-hybridized carbons (Fsp3) is 0.375. The summed E-state index contributed by atoms with van der Waals surface area (Å²) in [5.74, 6) is 0.495. The van der Waals surface area contributed by atoms with Crippen LogP contribution in [0.4, 0.5) is 16.2 Å². The van der Waals surface area contributed by atoms with Crippen molar-refractivity contribution in [1.29, 1.82) is 0 Å². The molecule has 0 saturated heterocycles. The molecule has 0 bridgehead atoms. The number of nitrogens with zero attached hydrogens (tertiary/aromatic N) is 1. The first-order valence-corrected chi connectivity index (χ1v) is 12.7. The summed E-state index contributed by atoms with van der Waals surface area (Å²) >= 11 is 0. The van der Waals surface area contributed by atoms with E-state index in [4.69, 9.17) is 4.74 Å². The summed E-state index contributed by atoms with van der Waals surface area (Å²) in [5, 5.41) is 5.47. The molecule has 0 atom stereocenters. The fourth-order valence-corrected chi connectivity index (χ4v) is 4.56. The number of unbranched alkanes of at least 4 members (excludes halogenated alkanes) is 2. The van der Waals surface area contributed by atoms with Gasteiger partial charge in [-0.1, -0.05) is 38.5 Å². The van der Waals surface area contributed by atoms with Crippen LogP contribution in [0.1, 0.15) is 45.1 Å². The molecule has 0 unspecified atom stereocenters. The molecule has 34 heavy (non-hydrogen) atoms. The number of benzene rings is 2. The van der Waals surface area contributed by atoms with Crippen molar-refractivity contribution in [2.45, 2.75) is 44.4 Å². The summed E-state index contributed by atoms with van der Waals surface area (Å²) < 4.78 is 31.8. The molecule has 0 aliphatic carbocycles. The van der Waals surface area contributed by atoms with Crippen LogP contribution in [0.15, 0.2) is 58.4 Å². The van der Waals surface area contributed by atoms with Crippen LogP contribution >= 0.6 is 0 Å². The van der Waals surface area contributed by atoms with E-state index in [1.165, 1.54) is 0 Å². The van der Waals surface area contributed by atoms with Crippen molar-refractivity contribution in [3.05, 3.63) is 54.1 Å². The minimum absolute atomic E-state index is 0.122. The fourth-order valence-electron chi connectivity index (χ4n) is 3.31. The van der Waals surface area contributed by atoms with Gasteiger partial charge >= 0.3 is 6.09 Å². The van der Waals surface area contributed by atoms with Gasteiger partial charge in [-0.2, -0.15) is 0 Å². The second kappa shape index (κ2) is 11.6. The third-order valence-corrected chi connectivity index (χ3v) is 6.33. The van der Waals surface area contributed by atoms with Crippen molar-refractivity contribution in [2.75, 3.05) is 23.8 Å². The first-order chi connectivity index (χ1) is 16.2. The Hall–Kier alpha value is -3.40.